The Balaban J connectivity index is 2.31. The highest BCUT2D eigenvalue weighted by Crippen LogP contribution is 2.34. The Labute approximate surface area is 130 Å². The number of anilines is 2. The van der Waals surface area contributed by atoms with Crippen molar-refractivity contribution in [3.05, 3.63) is 42.4 Å². The number of carbonyl (C=O) groups excluding carboxylic acids is 1. The van der Waals surface area contributed by atoms with E-state index in [0.717, 1.165) is 0 Å². The molecule has 1 aromatic heterocycles. The SMILES string of the molecule is Nc1cc(Br)c(NC(=O)c2sccc2Cl)c(Br)c1. The first-order valence-electron chi connectivity index (χ1n) is 4.78. The Morgan fingerprint density at radius 3 is 2.44 bits per heavy atom. The van der Waals surface area contributed by atoms with Gasteiger partial charge in [0, 0.05) is 14.6 Å². The third kappa shape index (κ3) is 2.88. The van der Waals surface area contributed by atoms with Gasteiger partial charge < -0.3 is 11.1 Å². The second kappa shape index (κ2) is 5.61. The van der Waals surface area contributed by atoms with Crippen molar-refractivity contribution in [3.63, 3.8) is 0 Å². The Morgan fingerprint density at radius 2 is 1.94 bits per heavy atom. The lowest BCUT2D eigenvalue weighted by Gasteiger charge is -2.10. The molecule has 18 heavy (non-hydrogen) atoms. The number of benzene rings is 1. The van der Waals surface area contributed by atoms with Gasteiger partial charge in [-0.05, 0) is 55.4 Å². The number of nitrogen functional groups attached to an aromatic ring is 1. The van der Waals surface area contributed by atoms with Gasteiger partial charge in [0.15, 0.2) is 0 Å². The minimum Gasteiger partial charge on any atom is -0.399 e. The first-order chi connectivity index (χ1) is 8.49. The average molecular weight is 411 g/mol. The van der Waals surface area contributed by atoms with Gasteiger partial charge in [-0.3, -0.25) is 4.79 Å². The molecular weight excluding hydrogens is 403 g/mol. The first kappa shape index (κ1) is 13.9. The van der Waals surface area contributed by atoms with Crippen LogP contribution in [0.5, 0.6) is 0 Å². The van der Waals surface area contributed by atoms with E-state index in [2.05, 4.69) is 37.2 Å². The van der Waals surface area contributed by atoms with Crippen molar-refractivity contribution in [2.75, 3.05) is 11.1 Å². The maximum Gasteiger partial charge on any atom is 0.267 e. The molecule has 3 N–H and O–H groups in total. The maximum absolute atomic E-state index is 12.0. The molecule has 0 radical (unpaired) electrons. The Bertz CT molecular complexity index is 592. The van der Waals surface area contributed by atoms with Crippen LogP contribution >= 0.6 is 54.8 Å². The lowest BCUT2D eigenvalue weighted by molar-refractivity contribution is 0.103. The van der Waals surface area contributed by atoms with Crippen LogP contribution in [-0.4, -0.2) is 5.91 Å². The third-order valence-corrected chi connectivity index (χ3v) is 4.72. The summed E-state index contributed by atoms with van der Waals surface area (Å²) in [7, 11) is 0. The number of carbonyl (C=O) groups is 1. The van der Waals surface area contributed by atoms with Crippen LogP contribution in [0.1, 0.15) is 9.67 Å². The van der Waals surface area contributed by atoms with Gasteiger partial charge in [0.05, 0.1) is 10.7 Å². The Kier molecular flexibility index (Phi) is 4.32. The van der Waals surface area contributed by atoms with Gasteiger partial charge in [-0.2, -0.15) is 0 Å². The molecule has 0 aliphatic heterocycles. The zero-order valence-electron chi connectivity index (χ0n) is 8.84. The summed E-state index contributed by atoms with van der Waals surface area (Å²) >= 11 is 13.9. The highest BCUT2D eigenvalue weighted by Gasteiger charge is 2.15. The van der Waals surface area contributed by atoms with Crippen molar-refractivity contribution >= 4 is 72.1 Å². The van der Waals surface area contributed by atoms with Crippen LogP contribution in [-0.2, 0) is 0 Å². The molecule has 0 unspecified atom stereocenters. The predicted molar refractivity (Wildman–Crippen MR) is 83.5 cm³/mol. The van der Waals surface area contributed by atoms with Crippen LogP contribution in [0.2, 0.25) is 5.02 Å². The molecule has 2 aromatic rings. The van der Waals surface area contributed by atoms with E-state index in [1.54, 1.807) is 23.6 Å². The van der Waals surface area contributed by atoms with Crippen LogP contribution < -0.4 is 11.1 Å². The van der Waals surface area contributed by atoms with Crippen LogP contribution in [0.15, 0.2) is 32.5 Å². The van der Waals surface area contributed by atoms with Crippen LogP contribution in [0, 0.1) is 0 Å². The van der Waals surface area contributed by atoms with Crippen molar-refractivity contribution in [2.45, 2.75) is 0 Å². The van der Waals surface area contributed by atoms with Gasteiger partial charge in [0.2, 0.25) is 0 Å². The summed E-state index contributed by atoms with van der Waals surface area (Å²) < 4.78 is 1.41. The number of nitrogens with two attached hydrogens (primary N) is 1. The summed E-state index contributed by atoms with van der Waals surface area (Å²) in [6.07, 6.45) is 0. The highest BCUT2D eigenvalue weighted by molar-refractivity contribution is 9.11. The van der Waals surface area contributed by atoms with Crippen molar-refractivity contribution in [2.24, 2.45) is 0 Å². The molecule has 0 fully saturated rings. The fraction of sp³-hybridized carbons (Fsp3) is 0. The third-order valence-electron chi connectivity index (χ3n) is 2.13. The van der Waals surface area contributed by atoms with E-state index in [-0.39, 0.29) is 5.91 Å². The molecule has 2 rings (SSSR count). The molecule has 94 valence electrons. The number of hydrogen-bond donors (Lipinski definition) is 2. The summed E-state index contributed by atoms with van der Waals surface area (Å²) in [6.45, 7) is 0. The van der Waals surface area contributed by atoms with Crippen LogP contribution in [0.25, 0.3) is 0 Å². The summed E-state index contributed by atoms with van der Waals surface area (Å²) in [5.41, 5.74) is 6.91. The van der Waals surface area contributed by atoms with Crippen molar-refractivity contribution < 1.29 is 4.79 Å². The largest absolute Gasteiger partial charge is 0.399 e. The molecule has 0 saturated carbocycles. The zero-order chi connectivity index (χ0) is 13.3. The molecule has 0 spiro atoms. The standard InChI is InChI=1S/C11H7Br2ClN2OS/c12-6-3-5(15)4-7(13)9(6)16-11(17)10-8(14)1-2-18-10/h1-4H,15H2,(H,16,17). The normalized spacial score (nSPS) is 10.4. The van der Waals surface area contributed by atoms with E-state index in [0.29, 0.717) is 30.2 Å². The minimum absolute atomic E-state index is 0.249. The minimum atomic E-state index is -0.249. The van der Waals surface area contributed by atoms with Gasteiger partial charge in [-0.15, -0.1) is 11.3 Å². The second-order valence-corrected chi connectivity index (χ2v) is 6.44. The maximum atomic E-state index is 12.0. The predicted octanol–water partition coefficient (Wildman–Crippen LogP) is 4.76. The molecule has 0 aliphatic rings. The fourth-order valence-electron chi connectivity index (χ4n) is 1.34. The molecule has 7 heteroatoms. The zero-order valence-corrected chi connectivity index (χ0v) is 13.6. The second-order valence-electron chi connectivity index (χ2n) is 3.41. The molecule has 0 aliphatic carbocycles. The molecule has 1 heterocycles. The number of rotatable bonds is 2. The van der Waals surface area contributed by atoms with Crippen LogP contribution in [0.3, 0.4) is 0 Å². The average Bonchev–Trinajstić information content (AvgIpc) is 2.69. The fourth-order valence-corrected chi connectivity index (χ4v) is 3.79. The molecule has 0 atom stereocenters. The Morgan fingerprint density at radius 1 is 1.33 bits per heavy atom. The van der Waals surface area contributed by atoms with E-state index < -0.39 is 0 Å². The quantitative estimate of drug-likeness (QED) is 0.702. The van der Waals surface area contributed by atoms with Gasteiger partial charge in [0.1, 0.15) is 4.88 Å². The summed E-state index contributed by atoms with van der Waals surface area (Å²) in [6, 6.07) is 5.13. The van der Waals surface area contributed by atoms with E-state index in [1.165, 1.54) is 11.3 Å². The molecule has 0 bridgehead atoms. The van der Waals surface area contributed by atoms with E-state index >= 15 is 0 Å². The lowest BCUT2D eigenvalue weighted by Crippen LogP contribution is -2.11. The van der Waals surface area contributed by atoms with E-state index in [4.69, 9.17) is 17.3 Å². The van der Waals surface area contributed by atoms with Crippen molar-refractivity contribution in [3.8, 4) is 0 Å². The van der Waals surface area contributed by atoms with Crippen molar-refractivity contribution in [1.82, 2.24) is 0 Å². The number of hydrogen-bond acceptors (Lipinski definition) is 3. The topological polar surface area (TPSA) is 55.1 Å². The van der Waals surface area contributed by atoms with E-state index in [9.17, 15) is 4.79 Å². The highest BCUT2D eigenvalue weighted by atomic mass is 79.9. The molecule has 3 nitrogen and oxygen atoms in total. The van der Waals surface area contributed by atoms with Crippen LogP contribution in [0.4, 0.5) is 11.4 Å². The smallest absolute Gasteiger partial charge is 0.267 e. The number of thiophene rings is 1. The molecule has 1 amide bonds. The monoisotopic (exact) mass is 408 g/mol. The number of nitrogens with one attached hydrogen (secondary N) is 1. The molecule has 0 saturated heterocycles. The number of amides is 1. The lowest BCUT2D eigenvalue weighted by atomic mass is 10.3. The van der Waals surface area contributed by atoms with Crippen molar-refractivity contribution in [1.29, 1.82) is 0 Å². The van der Waals surface area contributed by atoms with Gasteiger partial charge in [-0.1, -0.05) is 11.6 Å². The van der Waals surface area contributed by atoms with Gasteiger partial charge in [0.25, 0.3) is 5.91 Å². The molecule has 1 aromatic carbocycles. The molecular formula is C11H7Br2ClN2OS. The van der Waals surface area contributed by atoms with Gasteiger partial charge in [-0.25, -0.2) is 0 Å². The Hall–Kier alpha value is -0.560. The summed E-state index contributed by atoms with van der Waals surface area (Å²) in [5.74, 6) is -0.249. The summed E-state index contributed by atoms with van der Waals surface area (Å²) in [5, 5.41) is 5.00. The summed E-state index contributed by atoms with van der Waals surface area (Å²) in [4.78, 5) is 12.5. The van der Waals surface area contributed by atoms with Gasteiger partial charge >= 0.3 is 0 Å². The van der Waals surface area contributed by atoms with E-state index in [1.807, 2.05) is 0 Å². The number of halogens is 3. The first-order valence-corrected chi connectivity index (χ1v) is 7.62.